The van der Waals surface area contributed by atoms with Crippen LogP contribution in [-0.2, 0) is 25.5 Å². The molecule has 0 saturated heterocycles. The Labute approximate surface area is 296 Å². The minimum absolute atomic E-state index is 0.278. The summed E-state index contributed by atoms with van der Waals surface area (Å²) < 4.78 is 10.1. The molecule has 0 aliphatic heterocycles. The molecule has 5 aromatic rings. The van der Waals surface area contributed by atoms with Crippen LogP contribution >= 0.6 is 0 Å². The Morgan fingerprint density at radius 3 is 1.49 bits per heavy atom. The number of nitrogens with zero attached hydrogens (tertiary/aromatic N) is 7. The third-order valence-corrected chi connectivity index (χ3v) is 7.66. The molecule has 0 aliphatic rings. The van der Waals surface area contributed by atoms with E-state index in [4.69, 9.17) is 9.47 Å². The van der Waals surface area contributed by atoms with Crippen LogP contribution in [0.1, 0.15) is 12.5 Å². The fraction of sp³-hybridized carbons (Fsp3) is 0.150. The molecule has 11 heteroatoms. The molecular weight excluding hydrogens is 642 g/mol. The monoisotopic (exact) mass is 679 g/mol. The number of azo groups is 3. The van der Waals surface area contributed by atoms with Crippen LogP contribution < -0.4 is 4.90 Å². The van der Waals surface area contributed by atoms with Crippen molar-refractivity contribution in [2.45, 2.75) is 13.3 Å². The summed E-state index contributed by atoms with van der Waals surface area (Å²) in [6, 6.07) is 34.3. The number of esters is 2. The average Bonchev–Trinajstić information content (AvgIpc) is 3.18. The van der Waals surface area contributed by atoms with Gasteiger partial charge in [-0.25, -0.2) is 9.59 Å². The second-order valence-electron chi connectivity index (χ2n) is 11.0. The topological polar surface area (TPSA) is 130 Å². The second kappa shape index (κ2) is 18.2. The number of hydrogen-bond donors (Lipinski definition) is 0. The molecule has 5 aromatic carbocycles. The molecule has 0 heterocycles. The van der Waals surface area contributed by atoms with Crippen LogP contribution in [-0.4, -0.2) is 38.2 Å². The summed E-state index contributed by atoms with van der Waals surface area (Å²) in [4.78, 5) is 24.6. The highest BCUT2D eigenvalue weighted by molar-refractivity contribution is 5.99. The van der Waals surface area contributed by atoms with Crippen LogP contribution in [0.5, 0.6) is 0 Å². The van der Waals surface area contributed by atoms with Gasteiger partial charge < -0.3 is 14.4 Å². The standard InChI is InChI=1S/C40H37N7O4/c1-4-39(48)50-27-25-29-11-13-30(14-12-29)41-42-31-15-17-32(18-16-31)43-45-37-23-24-38(36-10-8-7-9-35(36)37)46-44-33-19-21-34(22-20-33)47(6-3)26-28-51-40(49)5-2/h4-5,7-24H,1-2,6,25-28H2,3H3. The first kappa shape index (κ1) is 35.7. The molecule has 5 rings (SSSR count). The van der Waals surface area contributed by atoms with E-state index < -0.39 is 11.9 Å². The lowest BCUT2D eigenvalue weighted by Crippen LogP contribution is -2.27. The summed E-state index contributed by atoms with van der Waals surface area (Å²) in [6.45, 7) is 10.8. The van der Waals surface area contributed by atoms with Gasteiger partial charge in [0.15, 0.2) is 0 Å². The van der Waals surface area contributed by atoms with E-state index in [2.05, 4.69) is 48.7 Å². The molecule has 0 amide bonds. The van der Waals surface area contributed by atoms with E-state index in [1.807, 2.05) is 116 Å². The second-order valence-corrected chi connectivity index (χ2v) is 11.0. The first-order chi connectivity index (χ1) is 24.9. The number of likely N-dealkylation sites (N-methyl/N-ethyl adjacent to an activating group) is 1. The summed E-state index contributed by atoms with van der Waals surface area (Å²) in [5, 5.41) is 28.4. The van der Waals surface area contributed by atoms with Crippen molar-refractivity contribution in [2.24, 2.45) is 30.7 Å². The van der Waals surface area contributed by atoms with Gasteiger partial charge in [0.05, 0.1) is 47.3 Å². The van der Waals surface area contributed by atoms with Gasteiger partial charge in [-0.15, -0.1) is 10.2 Å². The summed E-state index contributed by atoms with van der Waals surface area (Å²) >= 11 is 0. The minimum atomic E-state index is -0.431. The maximum Gasteiger partial charge on any atom is 0.330 e. The highest BCUT2D eigenvalue weighted by Crippen LogP contribution is 2.35. The zero-order valence-corrected chi connectivity index (χ0v) is 28.3. The highest BCUT2D eigenvalue weighted by Gasteiger charge is 2.08. The van der Waals surface area contributed by atoms with Gasteiger partial charge in [-0.2, -0.15) is 20.5 Å². The smallest absolute Gasteiger partial charge is 0.330 e. The van der Waals surface area contributed by atoms with Gasteiger partial charge in [-0.3, -0.25) is 0 Å². The lowest BCUT2D eigenvalue weighted by molar-refractivity contribution is -0.138. The van der Waals surface area contributed by atoms with Crippen molar-refractivity contribution in [3.63, 3.8) is 0 Å². The van der Waals surface area contributed by atoms with Crippen molar-refractivity contribution in [3.05, 3.63) is 140 Å². The predicted molar refractivity (Wildman–Crippen MR) is 200 cm³/mol. The maximum absolute atomic E-state index is 11.3. The number of carbonyl (C=O) groups excluding carboxylic acids is 2. The van der Waals surface area contributed by atoms with Gasteiger partial charge in [-0.1, -0.05) is 49.6 Å². The van der Waals surface area contributed by atoms with Crippen LogP contribution in [0, 0.1) is 0 Å². The van der Waals surface area contributed by atoms with Crippen LogP contribution in [0.15, 0.2) is 165 Å². The third kappa shape index (κ3) is 10.4. The van der Waals surface area contributed by atoms with E-state index >= 15 is 0 Å². The first-order valence-corrected chi connectivity index (χ1v) is 16.3. The van der Waals surface area contributed by atoms with E-state index in [1.165, 1.54) is 0 Å². The fourth-order valence-electron chi connectivity index (χ4n) is 4.94. The molecule has 0 aromatic heterocycles. The Bertz CT molecular complexity index is 2060. The van der Waals surface area contributed by atoms with Crippen LogP contribution in [0.25, 0.3) is 10.8 Å². The van der Waals surface area contributed by atoms with Gasteiger partial charge in [0.1, 0.15) is 6.61 Å². The summed E-state index contributed by atoms with van der Waals surface area (Å²) in [6.07, 6.45) is 2.92. The number of ether oxygens (including phenoxy) is 2. The van der Waals surface area contributed by atoms with Crippen molar-refractivity contribution in [2.75, 3.05) is 31.2 Å². The van der Waals surface area contributed by atoms with Gasteiger partial charge in [0.2, 0.25) is 0 Å². The summed E-state index contributed by atoms with van der Waals surface area (Å²) in [5.74, 6) is -0.862. The lowest BCUT2D eigenvalue weighted by Gasteiger charge is -2.22. The molecule has 0 aliphatic carbocycles. The third-order valence-electron chi connectivity index (χ3n) is 7.66. The van der Waals surface area contributed by atoms with Gasteiger partial charge in [-0.05, 0) is 85.3 Å². The number of fused-ring (bicyclic) bond motifs is 1. The molecule has 11 nitrogen and oxygen atoms in total. The van der Waals surface area contributed by atoms with Crippen molar-refractivity contribution < 1.29 is 19.1 Å². The molecular formula is C40H37N7O4. The number of carbonyl (C=O) groups is 2. The Balaban J connectivity index is 1.20. The van der Waals surface area contributed by atoms with Gasteiger partial charge in [0.25, 0.3) is 0 Å². The largest absolute Gasteiger partial charge is 0.462 e. The van der Waals surface area contributed by atoms with Crippen molar-refractivity contribution >= 4 is 62.5 Å². The lowest BCUT2D eigenvalue weighted by atomic mass is 10.1. The quantitative estimate of drug-likeness (QED) is 0.0582. The first-order valence-electron chi connectivity index (χ1n) is 16.3. The molecule has 51 heavy (non-hydrogen) atoms. The van der Waals surface area contributed by atoms with Crippen molar-refractivity contribution in [1.29, 1.82) is 0 Å². The summed E-state index contributed by atoms with van der Waals surface area (Å²) in [7, 11) is 0. The van der Waals surface area contributed by atoms with E-state index in [-0.39, 0.29) is 6.61 Å². The molecule has 0 radical (unpaired) electrons. The zero-order valence-electron chi connectivity index (χ0n) is 28.3. The van der Waals surface area contributed by atoms with E-state index in [0.29, 0.717) is 53.7 Å². The zero-order chi connectivity index (χ0) is 35.8. The summed E-state index contributed by atoms with van der Waals surface area (Å²) in [5.41, 5.74) is 6.21. The normalized spacial score (nSPS) is 11.3. The maximum atomic E-state index is 11.3. The van der Waals surface area contributed by atoms with Crippen LogP contribution in [0.4, 0.5) is 39.8 Å². The van der Waals surface area contributed by atoms with Crippen molar-refractivity contribution in [1.82, 2.24) is 0 Å². The Morgan fingerprint density at radius 2 is 1.02 bits per heavy atom. The molecule has 0 N–H and O–H groups in total. The van der Waals surface area contributed by atoms with E-state index in [9.17, 15) is 9.59 Å². The molecule has 0 fully saturated rings. The SMILES string of the molecule is C=CC(=O)OCCc1ccc(N=Nc2ccc(N=Nc3ccc(N=Nc4ccc(N(CC)CCOC(=O)C=C)cc4)c4ccccc34)cc2)cc1. The minimum Gasteiger partial charge on any atom is -0.462 e. The number of hydrogen-bond acceptors (Lipinski definition) is 11. The molecule has 0 spiro atoms. The fourth-order valence-corrected chi connectivity index (χ4v) is 4.94. The number of benzene rings is 5. The molecule has 0 bridgehead atoms. The molecule has 0 unspecified atom stereocenters. The van der Waals surface area contributed by atoms with Gasteiger partial charge in [0, 0.05) is 41.6 Å². The van der Waals surface area contributed by atoms with E-state index in [1.54, 1.807) is 0 Å². The van der Waals surface area contributed by atoms with Crippen molar-refractivity contribution in [3.8, 4) is 0 Å². The number of rotatable bonds is 16. The molecule has 0 atom stereocenters. The van der Waals surface area contributed by atoms with E-state index in [0.717, 1.165) is 40.7 Å². The Hall–Kier alpha value is -6.62. The molecule has 256 valence electrons. The number of anilines is 1. The Morgan fingerprint density at radius 1 is 0.588 bits per heavy atom. The highest BCUT2D eigenvalue weighted by atomic mass is 16.5. The van der Waals surface area contributed by atoms with Crippen LogP contribution in [0.3, 0.4) is 0 Å². The Kier molecular flexibility index (Phi) is 12.8. The predicted octanol–water partition coefficient (Wildman–Crippen LogP) is 10.9. The molecule has 0 saturated carbocycles. The van der Waals surface area contributed by atoms with Gasteiger partial charge >= 0.3 is 11.9 Å². The average molecular weight is 680 g/mol. The van der Waals surface area contributed by atoms with Crippen LogP contribution in [0.2, 0.25) is 0 Å².